The van der Waals surface area contributed by atoms with E-state index in [0.717, 1.165) is 16.2 Å². The van der Waals surface area contributed by atoms with Gasteiger partial charge in [0.05, 0.1) is 0 Å². The van der Waals surface area contributed by atoms with Crippen molar-refractivity contribution in [1.29, 1.82) is 0 Å². The molecule has 0 bridgehead atoms. The molecule has 1 N–H and O–H groups in total. The van der Waals surface area contributed by atoms with Crippen LogP contribution in [-0.2, 0) is 0 Å². The molecule has 0 aliphatic carbocycles. The predicted octanol–water partition coefficient (Wildman–Crippen LogP) is 3.17. The highest BCUT2D eigenvalue weighted by atomic mass is 32.1. The molecule has 1 aromatic heterocycles. The summed E-state index contributed by atoms with van der Waals surface area (Å²) < 4.78 is 5.53. The van der Waals surface area contributed by atoms with E-state index in [2.05, 4.69) is 0 Å². The summed E-state index contributed by atoms with van der Waals surface area (Å²) in [5.74, 6) is 0.801. The average molecular weight is 234 g/mol. The first kappa shape index (κ1) is 11.2. The normalized spacial score (nSPS) is 12.4. The number of benzene rings is 1. The lowest BCUT2D eigenvalue weighted by Crippen LogP contribution is -2.08. The van der Waals surface area contributed by atoms with E-state index in [4.69, 9.17) is 4.74 Å². The zero-order valence-electron chi connectivity index (χ0n) is 9.09. The van der Waals surface area contributed by atoms with Crippen LogP contribution in [0.5, 0.6) is 5.75 Å². The molecule has 0 spiro atoms. The summed E-state index contributed by atoms with van der Waals surface area (Å²) in [6.07, 6.45) is -0.541. The van der Waals surface area contributed by atoms with Crippen molar-refractivity contribution in [3.05, 3.63) is 52.2 Å². The molecule has 0 aliphatic heterocycles. The summed E-state index contributed by atoms with van der Waals surface area (Å²) in [6.45, 7) is 2.31. The third kappa shape index (κ3) is 2.84. The summed E-state index contributed by atoms with van der Waals surface area (Å²) in [5, 5.41) is 11.8. The topological polar surface area (TPSA) is 29.5 Å². The van der Waals surface area contributed by atoms with Crippen LogP contribution in [0.15, 0.2) is 41.8 Å². The van der Waals surface area contributed by atoms with E-state index in [1.165, 1.54) is 11.3 Å². The summed E-state index contributed by atoms with van der Waals surface area (Å²) in [5.41, 5.74) is 1.16. The summed E-state index contributed by atoms with van der Waals surface area (Å²) >= 11 is 1.54. The molecule has 2 nitrogen and oxygen atoms in total. The smallest absolute Gasteiger partial charge is 0.122 e. The standard InChI is InChI=1S/C13H14O2S/c1-10-4-2-5-11(8-10)15-9-12(14)13-6-3-7-16-13/h2-8,12,14H,9H2,1H3. The molecule has 1 unspecified atom stereocenters. The Morgan fingerprint density at radius 2 is 2.19 bits per heavy atom. The van der Waals surface area contributed by atoms with Gasteiger partial charge < -0.3 is 9.84 Å². The summed E-state index contributed by atoms with van der Waals surface area (Å²) in [4.78, 5) is 0.938. The largest absolute Gasteiger partial charge is 0.490 e. The third-order valence-electron chi connectivity index (χ3n) is 2.27. The van der Waals surface area contributed by atoms with Gasteiger partial charge in [0, 0.05) is 4.88 Å². The molecule has 0 radical (unpaired) electrons. The maximum absolute atomic E-state index is 9.83. The first-order valence-corrected chi connectivity index (χ1v) is 6.04. The van der Waals surface area contributed by atoms with Gasteiger partial charge in [-0.2, -0.15) is 0 Å². The van der Waals surface area contributed by atoms with Gasteiger partial charge in [-0.05, 0) is 36.1 Å². The van der Waals surface area contributed by atoms with Crippen molar-refractivity contribution in [2.45, 2.75) is 13.0 Å². The van der Waals surface area contributed by atoms with E-state index in [0.29, 0.717) is 6.61 Å². The molecular formula is C13H14O2S. The molecule has 1 heterocycles. The van der Waals surface area contributed by atoms with Crippen LogP contribution in [0.1, 0.15) is 16.5 Å². The van der Waals surface area contributed by atoms with Gasteiger partial charge in [-0.3, -0.25) is 0 Å². The first-order valence-electron chi connectivity index (χ1n) is 5.16. The molecule has 0 fully saturated rings. The van der Waals surface area contributed by atoms with Gasteiger partial charge in [0.2, 0.25) is 0 Å². The van der Waals surface area contributed by atoms with Crippen molar-refractivity contribution in [1.82, 2.24) is 0 Å². The zero-order valence-corrected chi connectivity index (χ0v) is 9.91. The highest BCUT2D eigenvalue weighted by Gasteiger charge is 2.08. The Balaban J connectivity index is 1.92. The fraction of sp³-hybridized carbons (Fsp3) is 0.231. The number of thiophene rings is 1. The fourth-order valence-corrected chi connectivity index (χ4v) is 2.14. The highest BCUT2D eigenvalue weighted by Crippen LogP contribution is 2.20. The number of aryl methyl sites for hydroxylation is 1. The lowest BCUT2D eigenvalue weighted by Gasteiger charge is -2.11. The maximum Gasteiger partial charge on any atom is 0.122 e. The number of hydrogen-bond acceptors (Lipinski definition) is 3. The number of aliphatic hydroxyl groups excluding tert-OH is 1. The SMILES string of the molecule is Cc1cccc(OCC(O)c2cccs2)c1. The van der Waals surface area contributed by atoms with Crippen LogP contribution < -0.4 is 4.74 Å². The van der Waals surface area contributed by atoms with Gasteiger partial charge in [0.25, 0.3) is 0 Å². The van der Waals surface area contributed by atoms with Gasteiger partial charge in [-0.25, -0.2) is 0 Å². The van der Waals surface area contributed by atoms with Crippen LogP contribution in [0.2, 0.25) is 0 Å². The molecule has 16 heavy (non-hydrogen) atoms. The molecule has 84 valence electrons. The Kier molecular flexibility index (Phi) is 3.59. The van der Waals surface area contributed by atoms with Crippen LogP contribution in [0.25, 0.3) is 0 Å². The fourth-order valence-electron chi connectivity index (χ4n) is 1.44. The number of hydrogen-bond donors (Lipinski definition) is 1. The Morgan fingerprint density at radius 1 is 1.31 bits per heavy atom. The van der Waals surface area contributed by atoms with Crippen molar-refractivity contribution in [3.63, 3.8) is 0 Å². The van der Waals surface area contributed by atoms with Gasteiger partial charge >= 0.3 is 0 Å². The highest BCUT2D eigenvalue weighted by molar-refractivity contribution is 7.10. The van der Waals surface area contributed by atoms with Crippen LogP contribution in [0.4, 0.5) is 0 Å². The molecule has 1 aromatic carbocycles. The minimum Gasteiger partial charge on any atom is -0.490 e. The van der Waals surface area contributed by atoms with Crippen LogP contribution in [0.3, 0.4) is 0 Å². The van der Waals surface area contributed by atoms with E-state index in [1.54, 1.807) is 0 Å². The lowest BCUT2D eigenvalue weighted by atomic mass is 10.2. The number of ether oxygens (including phenoxy) is 1. The monoisotopic (exact) mass is 234 g/mol. The second-order valence-corrected chi connectivity index (χ2v) is 4.64. The first-order chi connectivity index (χ1) is 7.75. The summed E-state index contributed by atoms with van der Waals surface area (Å²) in [7, 11) is 0. The second kappa shape index (κ2) is 5.14. The van der Waals surface area contributed by atoms with Crippen LogP contribution in [-0.4, -0.2) is 11.7 Å². The van der Waals surface area contributed by atoms with Gasteiger partial charge in [0.1, 0.15) is 18.5 Å². The second-order valence-electron chi connectivity index (χ2n) is 3.66. The quantitative estimate of drug-likeness (QED) is 0.880. The molecule has 2 aromatic rings. The van der Waals surface area contributed by atoms with Crippen molar-refractivity contribution >= 4 is 11.3 Å². The van der Waals surface area contributed by atoms with Crippen molar-refractivity contribution in [2.75, 3.05) is 6.61 Å². The van der Waals surface area contributed by atoms with E-state index < -0.39 is 6.10 Å². The molecule has 3 heteroatoms. The Labute approximate surface area is 99.1 Å². The minimum atomic E-state index is -0.541. The summed E-state index contributed by atoms with van der Waals surface area (Å²) in [6, 6.07) is 11.7. The van der Waals surface area contributed by atoms with Gasteiger partial charge in [0.15, 0.2) is 0 Å². The zero-order chi connectivity index (χ0) is 11.4. The van der Waals surface area contributed by atoms with Crippen molar-refractivity contribution in [2.24, 2.45) is 0 Å². The van der Waals surface area contributed by atoms with Crippen molar-refractivity contribution < 1.29 is 9.84 Å². The molecule has 0 aliphatic rings. The Morgan fingerprint density at radius 3 is 2.88 bits per heavy atom. The molecule has 2 rings (SSSR count). The number of rotatable bonds is 4. The third-order valence-corrected chi connectivity index (χ3v) is 3.24. The molecule has 1 atom stereocenters. The minimum absolute atomic E-state index is 0.296. The molecule has 0 amide bonds. The maximum atomic E-state index is 9.83. The predicted molar refractivity (Wildman–Crippen MR) is 66.0 cm³/mol. The molecular weight excluding hydrogens is 220 g/mol. The molecule has 0 saturated carbocycles. The van der Waals surface area contributed by atoms with E-state index >= 15 is 0 Å². The van der Waals surface area contributed by atoms with Crippen LogP contribution in [0, 0.1) is 6.92 Å². The van der Waals surface area contributed by atoms with E-state index in [1.807, 2.05) is 48.7 Å². The van der Waals surface area contributed by atoms with Gasteiger partial charge in [-0.15, -0.1) is 11.3 Å². The Hall–Kier alpha value is -1.32. The van der Waals surface area contributed by atoms with Crippen LogP contribution >= 0.6 is 11.3 Å². The number of aliphatic hydroxyl groups is 1. The lowest BCUT2D eigenvalue weighted by molar-refractivity contribution is 0.111. The van der Waals surface area contributed by atoms with Crippen molar-refractivity contribution in [3.8, 4) is 5.75 Å². The Bertz CT molecular complexity index is 437. The van der Waals surface area contributed by atoms with E-state index in [9.17, 15) is 5.11 Å². The average Bonchev–Trinajstić information content (AvgIpc) is 2.79. The van der Waals surface area contributed by atoms with E-state index in [-0.39, 0.29) is 0 Å². The van der Waals surface area contributed by atoms with Gasteiger partial charge in [-0.1, -0.05) is 18.2 Å². The molecule has 0 saturated heterocycles.